The van der Waals surface area contributed by atoms with E-state index >= 15 is 0 Å². The summed E-state index contributed by atoms with van der Waals surface area (Å²) in [5.41, 5.74) is 0.335. The number of aliphatic hydroxyl groups is 1. The molecule has 1 aliphatic heterocycles. The summed E-state index contributed by atoms with van der Waals surface area (Å²) >= 11 is 0. The third-order valence-corrected chi connectivity index (χ3v) is 3.75. The second-order valence-corrected chi connectivity index (χ2v) is 5.61. The van der Waals surface area contributed by atoms with Crippen molar-refractivity contribution in [3.05, 3.63) is 33.9 Å². The summed E-state index contributed by atoms with van der Waals surface area (Å²) < 4.78 is 0. The lowest BCUT2D eigenvalue weighted by molar-refractivity contribution is -0.384. The van der Waals surface area contributed by atoms with Crippen LogP contribution in [-0.4, -0.2) is 41.2 Å². The second kappa shape index (κ2) is 7.38. The van der Waals surface area contributed by atoms with Crippen LogP contribution in [0.1, 0.15) is 37.0 Å². The van der Waals surface area contributed by atoms with E-state index < -0.39 is 10.8 Å². The molecule has 8 heteroatoms. The van der Waals surface area contributed by atoms with Gasteiger partial charge in [0.05, 0.1) is 23.7 Å². The maximum atomic E-state index is 11.9. The summed E-state index contributed by atoms with van der Waals surface area (Å²) in [6, 6.07) is 4.29. The average molecular weight is 323 g/mol. The average Bonchev–Trinajstić information content (AvgIpc) is 2.54. The molecular weight excluding hydrogens is 302 g/mol. The minimum Gasteiger partial charge on any atom is -0.395 e. The van der Waals surface area contributed by atoms with Crippen LogP contribution in [0.25, 0.3) is 0 Å². The Balaban J connectivity index is 2.33. The Bertz CT molecular complexity index is 592. The normalized spacial score (nSPS) is 21.1. The molecule has 0 radical (unpaired) electrons. The fourth-order valence-electron chi connectivity index (χ4n) is 2.51. The van der Waals surface area contributed by atoms with Gasteiger partial charge in [0, 0.05) is 18.2 Å². The number of hydroxylamine groups is 1. The number of nitro groups is 1. The second-order valence-electron chi connectivity index (χ2n) is 5.61. The van der Waals surface area contributed by atoms with Gasteiger partial charge in [0.1, 0.15) is 5.69 Å². The van der Waals surface area contributed by atoms with E-state index in [4.69, 9.17) is 9.94 Å². The quantitative estimate of drug-likeness (QED) is 0.630. The van der Waals surface area contributed by atoms with Gasteiger partial charge in [-0.25, -0.2) is 5.06 Å². The number of hydrogen-bond donors (Lipinski definition) is 2. The van der Waals surface area contributed by atoms with Crippen LogP contribution in [0.4, 0.5) is 11.4 Å². The van der Waals surface area contributed by atoms with Crippen LogP contribution in [0.15, 0.2) is 18.2 Å². The number of nitrogens with one attached hydrogen (secondary N) is 1. The van der Waals surface area contributed by atoms with Crippen molar-refractivity contribution in [2.24, 2.45) is 0 Å². The molecule has 1 heterocycles. The summed E-state index contributed by atoms with van der Waals surface area (Å²) in [7, 11) is 0. The van der Waals surface area contributed by atoms with Crippen molar-refractivity contribution in [1.29, 1.82) is 0 Å². The van der Waals surface area contributed by atoms with Gasteiger partial charge < -0.3 is 10.4 Å². The maximum absolute atomic E-state index is 11.9. The number of amides is 1. The Morgan fingerprint density at radius 1 is 1.48 bits per heavy atom. The van der Waals surface area contributed by atoms with Crippen molar-refractivity contribution >= 4 is 17.3 Å². The molecule has 23 heavy (non-hydrogen) atoms. The van der Waals surface area contributed by atoms with Crippen molar-refractivity contribution < 1.29 is 19.7 Å². The highest BCUT2D eigenvalue weighted by atomic mass is 16.7. The molecule has 2 atom stereocenters. The molecule has 1 amide bonds. The Morgan fingerprint density at radius 2 is 2.22 bits per heavy atom. The summed E-state index contributed by atoms with van der Waals surface area (Å²) in [5.74, 6) is -0.463. The van der Waals surface area contributed by atoms with Crippen LogP contribution in [0.2, 0.25) is 0 Å². The highest BCUT2D eigenvalue weighted by Gasteiger charge is 2.30. The third-order valence-electron chi connectivity index (χ3n) is 3.75. The number of hydrogen-bond acceptors (Lipinski definition) is 6. The van der Waals surface area contributed by atoms with E-state index in [1.807, 2.05) is 13.8 Å². The standard InChI is InChI=1S/C15H21N3O5/c1-10-3-4-11(2)23-17(10)13-6-5-12(9-14(13)18(21)22)15(20)16-7-8-19/h5-6,9-11,19H,3-4,7-8H2,1-2H3,(H,16,20). The molecule has 1 aliphatic rings. The minimum atomic E-state index is -0.520. The molecule has 0 bridgehead atoms. The zero-order valence-electron chi connectivity index (χ0n) is 13.2. The van der Waals surface area contributed by atoms with Gasteiger partial charge in [0.15, 0.2) is 0 Å². The van der Waals surface area contributed by atoms with Crippen LogP contribution in [-0.2, 0) is 4.84 Å². The van der Waals surface area contributed by atoms with E-state index in [9.17, 15) is 14.9 Å². The maximum Gasteiger partial charge on any atom is 0.295 e. The van der Waals surface area contributed by atoms with E-state index in [-0.39, 0.29) is 36.5 Å². The van der Waals surface area contributed by atoms with E-state index in [0.29, 0.717) is 5.69 Å². The molecule has 8 nitrogen and oxygen atoms in total. The molecule has 0 spiro atoms. The molecular formula is C15H21N3O5. The number of nitro benzene ring substituents is 1. The smallest absolute Gasteiger partial charge is 0.295 e. The third kappa shape index (κ3) is 3.96. The number of aliphatic hydroxyl groups excluding tert-OH is 1. The number of rotatable bonds is 5. The van der Waals surface area contributed by atoms with E-state index in [2.05, 4.69) is 5.32 Å². The van der Waals surface area contributed by atoms with Crippen molar-refractivity contribution in [3.8, 4) is 0 Å². The molecule has 1 aromatic rings. The van der Waals surface area contributed by atoms with Crippen LogP contribution in [0.3, 0.4) is 0 Å². The van der Waals surface area contributed by atoms with Crippen LogP contribution >= 0.6 is 0 Å². The summed E-state index contributed by atoms with van der Waals surface area (Å²) in [4.78, 5) is 28.5. The van der Waals surface area contributed by atoms with E-state index in [1.165, 1.54) is 18.2 Å². The van der Waals surface area contributed by atoms with Crippen molar-refractivity contribution in [2.45, 2.75) is 38.8 Å². The highest BCUT2D eigenvalue weighted by Crippen LogP contribution is 2.34. The predicted octanol–water partition coefficient (Wildman–Crippen LogP) is 1.63. The molecule has 2 unspecified atom stereocenters. The number of benzene rings is 1. The fourth-order valence-corrected chi connectivity index (χ4v) is 2.51. The lowest BCUT2D eigenvalue weighted by Crippen LogP contribution is -2.41. The zero-order chi connectivity index (χ0) is 17.0. The van der Waals surface area contributed by atoms with Crippen LogP contribution in [0.5, 0.6) is 0 Å². The lowest BCUT2D eigenvalue weighted by atomic mass is 10.1. The number of carbonyl (C=O) groups is 1. The van der Waals surface area contributed by atoms with Gasteiger partial charge in [-0.15, -0.1) is 0 Å². The Kier molecular flexibility index (Phi) is 5.51. The van der Waals surface area contributed by atoms with Gasteiger partial charge in [0.2, 0.25) is 0 Å². The summed E-state index contributed by atoms with van der Waals surface area (Å²) in [5, 5.41) is 24.2. The van der Waals surface area contributed by atoms with Gasteiger partial charge in [-0.05, 0) is 38.8 Å². The number of nitrogens with zero attached hydrogens (tertiary/aromatic N) is 2. The minimum absolute atomic E-state index is 0.0129. The first-order valence-corrected chi connectivity index (χ1v) is 7.57. The number of carbonyl (C=O) groups excluding carboxylic acids is 1. The molecule has 0 saturated carbocycles. The zero-order valence-corrected chi connectivity index (χ0v) is 13.2. The molecule has 1 aromatic carbocycles. The van der Waals surface area contributed by atoms with Crippen molar-refractivity contribution in [3.63, 3.8) is 0 Å². The first kappa shape index (κ1) is 17.2. The summed E-state index contributed by atoms with van der Waals surface area (Å²) in [6.07, 6.45) is 1.75. The van der Waals surface area contributed by atoms with Gasteiger partial charge in [-0.2, -0.15) is 0 Å². The lowest BCUT2D eigenvalue weighted by Gasteiger charge is -2.37. The topological polar surface area (TPSA) is 105 Å². The molecule has 1 fully saturated rings. The molecule has 0 aliphatic carbocycles. The molecule has 2 rings (SSSR count). The molecule has 0 aromatic heterocycles. The Morgan fingerprint density at radius 3 is 2.87 bits per heavy atom. The first-order chi connectivity index (χ1) is 10.9. The fraction of sp³-hybridized carbons (Fsp3) is 0.533. The van der Waals surface area contributed by atoms with Crippen LogP contribution in [0, 0.1) is 10.1 Å². The molecule has 2 N–H and O–H groups in total. The van der Waals surface area contributed by atoms with Gasteiger partial charge in [0.25, 0.3) is 11.6 Å². The van der Waals surface area contributed by atoms with Crippen molar-refractivity contribution in [2.75, 3.05) is 18.2 Å². The highest BCUT2D eigenvalue weighted by molar-refractivity contribution is 5.95. The van der Waals surface area contributed by atoms with E-state index in [1.54, 1.807) is 5.06 Å². The molecule has 126 valence electrons. The number of anilines is 1. The SMILES string of the molecule is CC1CCC(C)N(c2ccc(C(=O)NCCO)cc2[N+](=O)[O-])O1. The van der Waals surface area contributed by atoms with E-state index in [0.717, 1.165) is 12.8 Å². The largest absolute Gasteiger partial charge is 0.395 e. The predicted molar refractivity (Wildman–Crippen MR) is 84.2 cm³/mol. The van der Waals surface area contributed by atoms with Gasteiger partial charge in [-0.1, -0.05) is 0 Å². The van der Waals surface area contributed by atoms with Gasteiger partial charge >= 0.3 is 0 Å². The Hall–Kier alpha value is -2.19. The van der Waals surface area contributed by atoms with Crippen LogP contribution < -0.4 is 10.4 Å². The monoisotopic (exact) mass is 323 g/mol. The summed E-state index contributed by atoms with van der Waals surface area (Å²) in [6.45, 7) is 3.76. The van der Waals surface area contributed by atoms with Crippen molar-refractivity contribution in [1.82, 2.24) is 5.32 Å². The molecule has 1 saturated heterocycles. The Labute approximate surface area is 134 Å². The first-order valence-electron chi connectivity index (χ1n) is 7.57. The van der Waals surface area contributed by atoms with Gasteiger partial charge in [-0.3, -0.25) is 19.7 Å².